The number of ether oxygens (including phenoxy) is 1. The van der Waals surface area contributed by atoms with E-state index < -0.39 is 6.61 Å². The maximum atomic E-state index is 12.8. The first-order valence-electron chi connectivity index (χ1n) is 8.47. The summed E-state index contributed by atoms with van der Waals surface area (Å²) in [7, 11) is 0. The topological polar surface area (TPSA) is 70.1 Å². The van der Waals surface area contributed by atoms with Crippen LogP contribution in [0.15, 0.2) is 61.3 Å². The summed E-state index contributed by atoms with van der Waals surface area (Å²) in [4.78, 5) is 8.81. The third-order valence-electron chi connectivity index (χ3n) is 4.37. The summed E-state index contributed by atoms with van der Waals surface area (Å²) in [5.74, 6) is -0.0367. The zero-order chi connectivity index (χ0) is 20.0. The van der Waals surface area contributed by atoms with Crippen molar-refractivity contribution in [2.24, 2.45) is 0 Å². The molecule has 0 N–H and O–H groups in total. The summed E-state index contributed by atoms with van der Waals surface area (Å²) in [5.41, 5.74) is 2.94. The first-order valence-corrected chi connectivity index (χ1v) is 8.85. The van der Waals surface area contributed by atoms with E-state index in [1.54, 1.807) is 47.6 Å². The number of nitrogens with zero attached hydrogens (tertiary/aromatic N) is 6. The Morgan fingerprint density at radius 3 is 2.79 bits per heavy atom. The van der Waals surface area contributed by atoms with Crippen LogP contribution in [0.1, 0.15) is 0 Å². The largest absolute Gasteiger partial charge is 0.433 e. The minimum atomic E-state index is -2.97. The Kier molecular flexibility index (Phi) is 4.09. The highest BCUT2D eigenvalue weighted by molar-refractivity contribution is 6.30. The lowest BCUT2D eigenvalue weighted by molar-refractivity contribution is -0.0498. The summed E-state index contributed by atoms with van der Waals surface area (Å²) in [5, 5.41) is 9.68. The molecule has 7 nitrogen and oxygen atoms in total. The molecule has 0 unspecified atom stereocenters. The van der Waals surface area contributed by atoms with Crippen LogP contribution in [0, 0.1) is 0 Å². The summed E-state index contributed by atoms with van der Waals surface area (Å²) < 4.78 is 33.5. The molecule has 0 fully saturated rings. The summed E-state index contributed by atoms with van der Waals surface area (Å²) >= 11 is 6.08. The predicted molar refractivity (Wildman–Crippen MR) is 102 cm³/mol. The highest BCUT2D eigenvalue weighted by Gasteiger charge is 2.17. The number of halogens is 3. The van der Waals surface area contributed by atoms with E-state index in [9.17, 15) is 8.78 Å². The fourth-order valence-corrected chi connectivity index (χ4v) is 3.29. The van der Waals surface area contributed by atoms with E-state index in [4.69, 9.17) is 11.6 Å². The first kappa shape index (κ1) is 17.5. The molecular weight excluding hydrogens is 402 g/mol. The zero-order valence-electron chi connectivity index (χ0n) is 14.6. The fraction of sp³-hybridized carbons (Fsp3) is 0.0526. The van der Waals surface area contributed by atoms with Gasteiger partial charge in [-0.25, -0.2) is 14.2 Å². The van der Waals surface area contributed by atoms with Crippen LogP contribution in [0.25, 0.3) is 33.5 Å². The Balaban J connectivity index is 1.70. The van der Waals surface area contributed by atoms with Crippen LogP contribution in [0.3, 0.4) is 0 Å². The number of hydrogen-bond donors (Lipinski definition) is 0. The van der Waals surface area contributed by atoms with E-state index in [0.29, 0.717) is 27.6 Å². The third-order valence-corrected chi connectivity index (χ3v) is 4.61. The lowest BCUT2D eigenvalue weighted by Crippen LogP contribution is -2.06. The van der Waals surface area contributed by atoms with Gasteiger partial charge in [-0.15, -0.1) is 0 Å². The number of hydrogen-bond acceptors (Lipinski definition) is 5. The molecular formula is C19H11ClF2N6O. The van der Waals surface area contributed by atoms with Crippen LogP contribution in [0.4, 0.5) is 8.78 Å². The molecule has 0 saturated heterocycles. The van der Waals surface area contributed by atoms with Crippen molar-refractivity contribution < 1.29 is 13.5 Å². The second kappa shape index (κ2) is 6.78. The van der Waals surface area contributed by atoms with Crippen molar-refractivity contribution in [1.82, 2.24) is 29.4 Å². The van der Waals surface area contributed by atoms with Crippen LogP contribution < -0.4 is 4.74 Å². The van der Waals surface area contributed by atoms with Crippen molar-refractivity contribution in [3.05, 3.63) is 66.3 Å². The lowest BCUT2D eigenvalue weighted by Gasteiger charge is -2.12. The number of benzene rings is 1. The van der Waals surface area contributed by atoms with E-state index in [0.717, 1.165) is 10.9 Å². The molecule has 0 atom stereocenters. The van der Waals surface area contributed by atoms with Crippen LogP contribution in [0.5, 0.6) is 5.75 Å². The SMILES string of the molecule is FC(F)Oc1ccc(Cl)cc1-n1ncc2cnc(-c3cnn4cccnc34)cc21. The first-order chi connectivity index (χ1) is 14.1. The van der Waals surface area contributed by atoms with Gasteiger partial charge in [-0.05, 0) is 30.3 Å². The second-order valence-corrected chi connectivity index (χ2v) is 6.56. The van der Waals surface area contributed by atoms with E-state index in [2.05, 4.69) is 24.9 Å². The molecule has 144 valence electrons. The molecule has 0 radical (unpaired) electrons. The molecule has 0 spiro atoms. The lowest BCUT2D eigenvalue weighted by atomic mass is 10.2. The maximum Gasteiger partial charge on any atom is 0.387 e. The Morgan fingerprint density at radius 1 is 1.03 bits per heavy atom. The normalized spacial score (nSPS) is 11.6. The molecule has 29 heavy (non-hydrogen) atoms. The van der Waals surface area contributed by atoms with Gasteiger partial charge in [-0.1, -0.05) is 11.6 Å². The summed E-state index contributed by atoms with van der Waals surface area (Å²) in [6.07, 6.45) is 8.37. The smallest absolute Gasteiger partial charge is 0.387 e. The van der Waals surface area contributed by atoms with Gasteiger partial charge in [0.25, 0.3) is 0 Å². The van der Waals surface area contributed by atoms with E-state index in [1.807, 2.05) is 0 Å². The standard InChI is InChI=1S/C19H11ClF2N6O/c20-12-2-3-17(29-19(21)22)16(6-12)28-15-7-14(24-8-11(15)9-26-28)13-10-25-27-5-1-4-23-18(13)27/h1-10,19H. The van der Waals surface area contributed by atoms with Crippen molar-refractivity contribution in [2.45, 2.75) is 6.61 Å². The number of aromatic nitrogens is 6. The van der Waals surface area contributed by atoms with Crippen molar-refractivity contribution in [2.75, 3.05) is 0 Å². The van der Waals surface area contributed by atoms with E-state index in [-0.39, 0.29) is 5.75 Å². The highest BCUT2D eigenvalue weighted by atomic mass is 35.5. The predicted octanol–water partition coefficient (Wildman–Crippen LogP) is 4.39. The molecule has 4 aromatic heterocycles. The van der Waals surface area contributed by atoms with Crippen LogP contribution >= 0.6 is 11.6 Å². The molecule has 0 bridgehead atoms. The summed E-state index contributed by atoms with van der Waals surface area (Å²) in [6.45, 7) is -2.97. The van der Waals surface area contributed by atoms with Crippen molar-refractivity contribution in [1.29, 1.82) is 0 Å². The highest BCUT2D eigenvalue weighted by Crippen LogP contribution is 2.31. The monoisotopic (exact) mass is 412 g/mol. The minimum Gasteiger partial charge on any atom is -0.433 e. The third kappa shape index (κ3) is 3.05. The molecule has 0 aliphatic rings. The number of alkyl halides is 2. The van der Waals surface area contributed by atoms with Crippen molar-refractivity contribution in [3.8, 4) is 22.7 Å². The van der Waals surface area contributed by atoms with Gasteiger partial charge in [0.15, 0.2) is 11.4 Å². The van der Waals surface area contributed by atoms with E-state index in [1.165, 1.54) is 22.9 Å². The quantitative estimate of drug-likeness (QED) is 0.438. The van der Waals surface area contributed by atoms with E-state index >= 15 is 0 Å². The van der Waals surface area contributed by atoms with Crippen LogP contribution in [-0.2, 0) is 0 Å². The van der Waals surface area contributed by atoms with Gasteiger partial charge in [-0.2, -0.15) is 19.0 Å². The molecule has 4 heterocycles. The number of pyridine rings is 1. The minimum absolute atomic E-state index is 0.0367. The Hall–Kier alpha value is -3.59. The number of rotatable bonds is 4. The average Bonchev–Trinajstić information content (AvgIpc) is 3.32. The molecule has 0 amide bonds. The van der Waals surface area contributed by atoms with Gasteiger partial charge in [0.05, 0.1) is 29.2 Å². The van der Waals surface area contributed by atoms with Gasteiger partial charge >= 0.3 is 6.61 Å². The zero-order valence-corrected chi connectivity index (χ0v) is 15.3. The number of fused-ring (bicyclic) bond motifs is 2. The molecule has 0 saturated carbocycles. The Bertz CT molecular complexity index is 1350. The van der Waals surface area contributed by atoms with Gasteiger partial charge in [0, 0.05) is 29.0 Å². The van der Waals surface area contributed by atoms with Crippen molar-refractivity contribution >= 4 is 28.2 Å². The summed E-state index contributed by atoms with van der Waals surface area (Å²) in [6, 6.07) is 7.95. The fourth-order valence-electron chi connectivity index (χ4n) is 3.12. The van der Waals surface area contributed by atoms with Gasteiger partial charge in [0.2, 0.25) is 0 Å². The Morgan fingerprint density at radius 2 is 1.93 bits per heavy atom. The molecule has 5 aromatic rings. The van der Waals surface area contributed by atoms with Gasteiger partial charge in [0.1, 0.15) is 5.69 Å². The van der Waals surface area contributed by atoms with Crippen LogP contribution in [-0.4, -0.2) is 36.0 Å². The van der Waals surface area contributed by atoms with Crippen LogP contribution in [0.2, 0.25) is 5.02 Å². The Labute approximate surface area is 167 Å². The van der Waals surface area contributed by atoms with Crippen molar-refractivity contribution in [3.63, 3.8) is 0 Å². The van der Waals surface area contributed by atoms with Gasteiger partial charge < -0.3 is 4.74 Å². The molecule has 5 rings (SSSR count). The second-order valence-electron chi connectivity index (χ2n) is 6.12. The molecule has 0 aliphatic heterocycles. The maximum absolute atomic E-state index is 12.8. The molecule has 1 aromatic carbocycles. The molecule has 0 aliphatic carbocycles. The molecule has 10 heteroatoms. The van der Waals surface area contributed by atoms with Gasteiger partial charge in [-0.3, -0.25) is 4.98 Å². The average molecular weight is 413 g/mol.